The molecule has 166 valence electrons. The van der Waals surface area contributed by atoms with Crippen LogP contribution in [0.1, 0.15) is 5.69 Å². The van der Waals surface area contributed by atoms with Gasteiger partial charge < -0.3 is 26.6 Å². The number of nitrogens with two attached hydrogens (primary N) is 1. The first-order valence-electron chi connectivity index (χ1n) is 8.43. The van der Waals surface area contributed by atoms with Crippen LogP contribution in [0.4, 0.5) is 5.13 Å². The SMILES string of the molecule is N#CC(/C=C\SC1=C(C(=O)O)N2C(=O)C(NC(=O)/C(=N\O)c3csc(N)n3)[C@H]2SC1)=N\O. The Hall–Kier alpha value is -3.55. The van der Waals surface area contributed by atoms with Crippen molar-refractivity contribution in [3.63, 3.8) is 0 Å². The number of rotatable bonds is 7. The summed E-state index contributed by atoms with van der Waals surface area (Å²) in [6, 6.07) is 0.589. The van der Waals surface area contributed by atoms with Gasteiger partial charge in [-0.1, -0.05) is 22.1 Å². The number of hydrogen-bond acceptors (Lipinski definition) is 13. The lowest BCUT2D eigenvalue weighted by molar-refractivity contribution is -0.150. The first-order chi connectivity index (χ1) is 15.3. The Balaban J connectivity index is 1.75. The minimum Gasteiger partial charge on any atom is -0.477 e. The number of fused-ring (bicyclic) bond motifs is 1. The number of carbonyl (C=O) groups is 3. The highest BCUT2D eigenvalue weighted by molar-refractivity contribution is 8.08. The second-order valence-electron chi connectivity index (χ2n) is 5.98. The number of amides is 2. The van der Waals surface area contributed by atoms with Crippen molar-refractivity contribution in [3.05, 3.63) is 33.2 Å². The number of oxime groups is 2. The van der Waals surface area contributed by atoms with Crippen LogP contribution in [-0.2, 0) is 14.4 Å². The molecule has 0 radical (unpaired) electrons. The number of aliphatic carboxylic acids is 1. The molecule has 2 amide bonds. The molecule has 1 fully saturated rings. The summed E-state index contributed by atoms with van der Waals surface area (Å²) in [7, 11) is 0. The predicted molar refractivity (Wildman–Crippen MR) is 116 cm³/mol. The molecule has 3 rings (SSSR count). The number of hydrogen-bond donors (Lipinski definition) is 5. The van der Waals surface area contributed by atoms with Crippen LogP contribution in [0.25, 0.3) is 0 Å². The number of thioether (sulfide) groups is 2. The van der Waals surface area contributed by atoms with Crippen LogP contribution in [0.15, 0.2) is 37.8 Å². The first-order valence-corrected chi connectivity index (χ1v) is 11.2. The van der Waals surface area contributed by atoms with E-state index in [1.807, 2.05) is 0 Å². The van der Waals surface area contributed by atoms with Crippen LogP contribution in [0.5, 0.6) is 0 Å². The number of carbonyl (C=O) groups excluding carboxylic acids is 2. The molecule has 2 aliphatic heterocycles. The van der Waals surface area contributed by atoms with Gasteiger partial charge in [0.25, 0.3) is 11.8 Å². The molecule has 2 atom stereocenters. The average molecular weight is 496 g/mol. The second kappa shape index (κ2) is 9.72. The molecule has 3 heterocycles. The minimum atomic E-state index is -1.34. The molecule has 0 saturated carbocycles. The Labute approximate surface area is 191 Å². The number of nitrogen functional groups attached to an aromatic ring is 1. The fourth-order valence-electron chi connectivity index (χ4n) is 2.77. The van der Waals surface area contributed by atoms with Crippen LogP contribution >= 0.6 is 34.9 Å². The number of carboxylic acid groups (broad SMARTS) is 1. The van der Waals surface area contributed by atoms with Gasteiger partial charge in [0, 0.05) is 16.0 Å². The maximum absolute atomic E-state index is 12.7. The molecule has 16 heteroatoms. The van der Waals surface area contributed by atoms with E-state index >= 15 is 0 Å². The van der Waals surface area contributed by atoms with Gasteiger partial charge in [-0.2, -0.15) is 5.26 Å². The zero-order chi connectivity index (χ0) is 23.4. The first kappa shape index (κ1) is 23.1. The van der Waals surface area contributed by atoms with Gasteiger partial charge in [-0.15, -0.1) is 23.1 Å². The van der Waals surface area contributed by atoms with Crippen molar-refractivity contribution in [2.75, 3.05) is 11.5 Å². The number of carboxylic acids is 1. The normalized spacial score (nSPS) is 21.2. The fraction of sp³-hybridized carbons (Fsp3) is 0.188. The van der Waals surface area contributed by atoms with Gasteiger partial charge in [-0.25, -0.2) is 9.78 Å². The second-order valence-corrected chi connectivity index (χ2v) is 8.97. The molecule has 13 nitrogen and oxygen atoms in total. The lowest BCUT2D eigenvalue weighted by Crippen LogP contribution is -2.71. The van der Waals surface area contributed by atoms with E-state index in [2.05, 4.69) is 20.6 Å². The van der Waals surface area contributed by atoms with Crippen LogP contribution in [0.2, 0.25) is 0 Å². The molecule has 32 heavy (non-hydrogen) atoms. The molecule has 1 aromatic heterocycles. The van der Waals surface area contributed by atoms with Crippen molar-refractivity contribution in [3.8, 4) is 6.07 Å². The zero-order valence-corrected chi connectivity index (χ0v) is 18.1. The van der Waals surface area contributed by atoms with Gasteiger partial charge in [0.1, 0.15) is 28.9 Å². The third-order valence-corrected chi connectivity index (χ3v) is 7.19. The molecule has 6 N–H and O–H groups in total. The van der Waals surface area contributed by atoms with E-state index < -0.39 is 34.9 Å². The summed E-state index contributed by atoms with van der Waals surface area (Å²) in [5.74, 6) is -2.65. The lowest BCUT2D eigenvalue weighted by Gasteiger charge is -2.49. The summed E-state index contributed by atoms with van der Waals surface area (Å²) in [4.78, 5) is 42.2. The van der Waals surface area contributed by atoms with Crippen molar-refractivity contribution in [2.24, 2.45) is 10.3 Å². The number of β-lactam (4-membered cyclic amide) rings is 1. The molecule has 2 aliphatic rings. The van der Waals surface area contributed by atoms with Crippen LogP contribution in [0.3, 0.4) is 0 Å². The van der Waals surface area contributed by atoms with Crippen molar-refractivity contribution in [1.82, 2.24) is 15.2 Å². The Bertz CT molecular complexity index is 1140. The predicted octanol–water partition coefficient (Wildman–Crippen LogP) is 0.200. The average Bonchev–Trinajstić information content (AvgIpc) is 3.20. The summed E-state index contributed by atoms with van der Waals surface area (Å²) in [5, 5.41) is 46.5. The number of allylic oxidation sites excluding steroid dienone is 1. The highest BCUT2D eigenvalue weighted by atomic mass is 32.2. The topological polar surface area (TPSA) is 215 Å². The van der Waals surface area contributed by atoms with Gasteiger partial charge >= 0.3 is 5.97 Å². The monoisotopic (exact) mass is 495 g/mol. The van der Waals surface area contributed by atoms with Gasteiger partial charge in [0.05, 0.1) is 0 Å². The Morgan fingerprint density at radius 3 is 2.75 bits per heavy atom. The number of aromatic nitrogens is 1. The summed E-state index contributed by atoms with van der Waals surface area (Å²) < 4.78 is 0. The number of nitriles is 1. The van der Waals surface area contributed by atoms with E-state index in [0.29, 0.717) is 4.91 Å². The van der Waals surface area contributed by atoms with Crippen LogP contribution in [0, 0.1) is 11.3 Å². The Morgan fingerprint density at radius 2 is 2.19 bits per heavy atom. The fourth-order valence-corrected chi connectivity index (χ4v) is 5.65. The Morgan fingerprint density at radius 1 is 1.44 bits per heavy atom. The van der Waals surface area contributed by atoms with Crippen molar-refractivity contribution in [1.29, 1.82) is 5.26 Å². The minimum absolute atomic E-state index is 0.0344. The highest BCUT2D eigenvalue weighted by Crippen LogP contribution is 2.43. The van der Waals surface area contributed by atoms with Gasteiger partial charge in [-0.3, -0.25) is 14.5 Å². The molecular formula is C16H13N7O6S3. The van der Waals surface area contributed by atoms with E-state index in [-0.39, 0.29) is 28.0 Å². The number of nitrogens with zero attached hydrogens (tertiary/aromatic N) is 5. The molecule has 0 spiro atoms. The van der Waals surface area contributed by atoms with E-state index in [1.54, 1.807) is 6.07 Å². The van der Waals surface area contributed by atoms with E-state index in [0.717, 1.165) is 28.0 Å². The van der Waals surface area contributed by atoms with E-state index in [9.17, 15) is 24.7 Å². The maximum Gasteiger partial charge on any atom is 0.353 e. The number of thiazole rings is 1. The molecular weight excluding hydrogens is 482 g/mol. The third-order valence-electron chi connectivity index (χ3n) is 4.16. The van der Waals surface area contributed by atoms with Crippen LogP contribution < -0.4 is 11.1 Å². The van der Waals surface area contributed by atoms with Crippen molar-refractivity contribution < 1.29 is 29.9 Å². The molecule has 1 unspecified atom stereocenters. The summed E-state index contributed by atoms with van der Waals surface area (Å²) in [5.41, 5.74) is 4.59. The molecule has 0 aromatic carbocycles. The van der Waals surface area contributed by atoms with Crippen molar-refractivity contribution >= 4 is 69.2 Å². The van der Waals surface area contributed by atoms with Gasteiger partial charge in [0.15, 0.2) is 16.6 Å². The zero-order valence-electron chi connectivity index (χ0n) is 15.7. The van der Waals surface area contributed by atoms with Crippen molar-refractivity contribution in [2.45, 2.75) is 11.4 Å². The summed E-state index contributed by atoms with van der Waals surface area (Å²) in [6.45, 7) is 0. The number of nitrogens with one attached hydrogen (secondary N) is 1. The van der Waals surface area contributed by atoms with Gasteiger partial charge in [-0.05, 0) is 11.5 Å². The molecule has 0 aliphatic carbocycles. The molecule has 0 bridgehead atoms. The summed E-state index contributed by atoms with van der Waals surface area (Å²) in [6.07, 6.45) is 1.19. The number of anilines is 1. The van der Waals surface area contributed by atoms with Crippen LogP contribution in [-0.4, -0.2) is 71.8 Å². The quantitative estimate of drug-likeness (QED) is 0.149. The third kappa shape index (κ3) is 4.39. The molecule has 1 aromatic rings. The largest absolute Gasteiger partial charge is 0.477 e. The highest BCUT2D eigenvalue weighted by Gasteiger charge is 2.54. The Kier molecular flexibility index (Phi) is 7.02. The lowest BCUT2D eigenvalue weighted by atomic mass is 10.0. The van der Waals surface area contributed by atoms with E-state index in [1.165, 1.54) is 28.6 Å². The standard InChI is InChI=1S/C16H13N7O6S3/c17-3-6(21-28)1-2-30-8-5-31-14-10(13(25)23(14)11(8)15(26)27)20-12(24)9(22-29)7-4-32-16(18)19-7/h1-2,4,10,14,28-29H,5H2,(H2,18,19)(H,20,24)(H,26,27)/b2-1-,21-6-,22-9-/t10?,14-/m1/s1. The molecule has 1 saturated heterocycles. The smallest absolute Gasteiger partial charge is 0.353 e. The maximum atomic E-state index is 12.7. The van der Waals surface area contributed by atoms with E-state index in [4.69, 9.17) is 16.2 Å². The van der Waals surface area contributed by atoms with Gasteiger partial charge in [0.2, 0.25) is 0 Å². The summed E-state index contributed by atoms with van der Waals surface area (Å²) >= 11 is 3.21.